The maximum absolute atomic E-state index is 11.8. The monoisotopic (exact) mass is 292 g/mol. The van der Waals surface area contributed by atoms with Crippen molar-refractivity contribution in [3.05, 3.63) is 17.7 Å². The van der Waals surface area contributed by atoms with E-state index in [1.807, 2.05) is 0 Å². The lowest BCUT2D eigenvalue weighted by atomic mass is 10.2. The molecule has 0 aliphatic carbocycles. The van der Waals surface area contributed by atoms with E-state index in [0.29, 0.717) is 0 Å². The summed E-state index contributed by atoms with van der Waals surface area (Å²) in [6.07, 6.45) is 0. The number of carbonyl (C=O) groups excluding carboxylic acids is 1. The van der Waals surface area contributed by atoms with Gasteiger partial charge in [0.15, 0.2) is 21.3 Å². The Morgan fingerprint density at radius 3 is 2.28 bits per heavy atom. The molecule has 0 aromatic heterocycles. The second kappa shape index (κ2) is 5.58. The molecule has 1 rings (SSSR count). The van der Waals surface area contributed by atoms with Gasteiger partial charge in [-0.15, -0.1) is 0 Å². The van der Waals surface area contributed by atoms with E-state index in [2.05, 4.69) is 0 Å². The summed E-state index contributed by atoms with van der Waals surface area (Å²) in [5, 5.41) is -0.807. The first-order valence-corrected chi connectivity index (χ1v) is 7.09. The highest BCUT2D eigenvalue weighted by Crippen LogP contribution is 2.35. The number of benzene rings is 1. The second-order valence-corrected chi connectivity index (χ2v) is 6.01. The van der Waals surface area contributed by atoms with Crippen LogP contribution < -0.4 is 9.47 Å². The minimum Gasteiger partial charge on any atom is -0.493 e. The Morgan fingerprint density at radius 1 is 1.28 bits per heavy atom. The van der Waals surface area contributed by atoms with Crippen LogP contribution in [0.5, 0.6) is 11.5 Å². The Morgan fingerprint density at radius 2 is 1.89 bits per heavy atom. The van der Waals surface area contributed by atoms with Gasteiger partial charge in [-0.2, -0.15) is 0 Å². The zero-order valence-corrected chi connectivity index (χ0v) is 11.8. The standard InChI is InChI=1S/C11H13ClO5S/c1-4-18(14,15)7-5-8(11(12)13)10(17-3)9(6-7)16-2/h5-6H,4H2,1-3H3. The van der Waals surface area contributed by atoms with Gasteiger partial charge >= 0.3 is 0 Å². The van der Waals surface area contributed by atoms with Gasteiger partial charge < -0.3 is 9.47 Å². The Labute approximate surface area is 111 Å². The SMILES string of the molecule is CCS(=O)(=O)c1cc(OC)c(OC)c(C(=O)Cl)c1. The number of ether oxygens (including phenoxy) is 2. The molecule has 7 heteroatoms. The lowest BCUT2D eigenvalue weighted by Gasteiger charge is -2.12. The van der Waals surface area contributed by atoms with Crippen LogP contribution in [0.3, 0.4) is 0 Å². The summed E-state index contributed by atoms with van der Waals surface area (Å²) in [5.74, 6) is 0.182. The summed E-state index contributed by atoms with van der Waals surface area (Å²) in [7, 11) is -0.766. The highest BCUT2D eigenvalue weighted by molar-refractivity contribution is 7.91. The quantitative estimate of drug-likeness (QED) is 0.775. The zero-order valence-electron chi connectivity index (χ0n) is 10.2. The molecule has 0 unspecified atom stereocenters. The van der Waals surface area contributed by atoms with E-state index in [-0.39, 0.29) is 27.7 Å². The molecule has 18 heavy (non-hydrogen) atoms. The summed E-state index contributed by atoms with van der Waals surface area (Å²) in [6.45, 7) is 1.51. The van der Waals surface area contributed by atoms with E-state index in [9.17, 15) is 13.2 Å². The van der Waals surface area contributed by atoms with Crippen molar-refractivity contribution in [2.45, 2.75) is 11.8 Å². The van der Waals surface area contributed by atoms with Gasteiger partial charge in [0.1, 0.15) is 0 Å². The Balaban J connectivity index is 3.61. The van der Waals surface area contributed by atoms with Crippen molar-refractivity contribution in [1.82, 2.24) is 0 Å². The maximum Gasteiger partial charge on any atom is 0.256 e. The molecule has 0 N–H and O–H groups in total. The fraction of sp³-hybridized carbons (Fsp3) is 0.364. The summed E-state index contributed by atoms with van der Waals surface area (Å²) < 4.78 is 33.6. The average Bonchev–Trinajstić information content (AvgIpc) is 2.36. The molecule has 0 heterocycles. The molecule has 0 saturated carbocycles. The number of sulfone groups is 1. The largest absolute Gasteiger partial charge is 0.493 e. The van der Waals surface area contributed by atoms with Crippen molar-refractivity contribution in [3.63, 3.8) is 0 Å². The minimum atomic E-state index is -3.46. The fourth-order valence-electron chi connectivity index (χ4n) is 1.43. The molecule has 0 saturated heterocycles. The highest BCUT2D eigenvalue weighted by Gasteiger charge is 2.22. The van der Waals surface area contributed by atoms with Gasteiger partial charge in [-0.1, -0.05) is 6.92 Å². The Kier molecular flexibility index (Phi) is 4.59. The van der Waals surface area contributed by atoms with Crippen molar-refractivity contribution in [3.8, 4) is 11.5 Å². The van der Waals surface area contributed by atoms with Crippen LogP contribution in [-0.4, -0.2) is 33.6 Å². The van der Waals surface area contributed by atoms with Crippen LogP contribution in [-0.2, 0) is 9.84 Å². The third kappa shape index (κ3) is 2.76. The summed E-state index contributed by atoms with van der Waals surface area (Å²) in [6, 6.07) is 2.50. The number of rotatable bonds is 5. The molecule has 1 aromatic carbocycles. The van der Waals surface area contributed by atoms with E-state index in [1.165, 1.54) is 33.3 Å². The van der Waals surface area contributed by atoms with Crippen LogP contribution in [0.15, 0.2) is 17.0 Å². The third-order valence-electron chi connectivity index (χ3n) is 2.40. The zero-order chi connectivity index (χ0) is 13.9. The van der Waals surface area contributed by atoms with Gasteiger partial charge in [0.25, 0.3) is 5.24 Å². The molecular formula is C11H13ClO5S. The van der Waals surface area contributed by atoms with Gasteiger partial charge in [0, 0.05) is 6.07 Å². The van der Waals surface area contributed by atoms with Crippen molar-refractivity contribution >= 4 is 26.7 Å². The molecule has 0 amide bonds. The van der Waals surface area contributed by atoms with Crippen LogP contribution in [0.2, 0.25) is 0 Å². The molecule has 100 valence electrons. The Bertz CT molecular complexity index is 565. The van der Waals surface area contributed by atoms with Gasteiger partial charge in [-0.25, -0.2) is 8.42 Å². The molecule has 0 atom stereocenters. The van der Waals surface area contributed by atoms with Crippen LogP contribution in [0.1, 0.15) is 17.3 Å². The molecule has 0 spiro atoms. The first-order valence-electron chi connectivity index (χ1n) is 5.06. The summed E-state index contributed by atoms with van der Waals surface area (Å²) >= 11 is 5.41. The lowest BCUT2D eigenvalue weighted by Crippen LogP contribution is -2.07. The summed E-state index contributed by atoms with van der Waals surface area (Å²) in [4.78, 5) is 11.3. The number of hydrogen-bond acceptors (Lipinski definition) is 5. The number of carbonyl (C=O) groups is 1. The fourth-order valence-corrected chi connectivity index (χ4v) is 2.49. The van der Waals surface area contributed by atoms with Crippen LogP contribution in [0.25, 0.3) is 0 Å². The van der Waals surface area contributed by atoms with E-state index in [0.717, 1.165) is 0 Å². The number of methoxy groups -OCH3 is 2. The highest BCUT2D eigenvalue weighted by atomic mass is 35.5. The second-order valence-electron chi connectivity index (χ2n) is 3.38. The van der Waals surface area contributed by atoms with Gasteiger partial charge in [0.2, 0.25) is 0 Å². The predicted octanol–water partition coefficient (Wildman–Crippen LogP) is 1.88. The Hall–Kier alpha value is -1.27. The van der Waals surface area contributed by atoms with E-state index in [1.54, 1.807) is 0 Å². The smallest absolute Gasteiger partial charge is 0.256 e. The van der Waals surface area contributed by atoms with E-state index in [4.69, 9.17) is 21.1 Å². The number of halogens is 1. The third-order valence-corrected chi connectivity index (χ3v) is 4.32. The molecule has 0 aliphatic heterocycles. The normalized spacial score (nSPS) is 11.1. The van der Waals surface area contributed by atoms with E-state index >= 15 is 0 Å². The molecule has 0 bridgehead atoms. The molecule has 0 fully saturated rings. The van der Waals surface area contributed by atoms with Crippen LogP contribution in [0.4, 0.5) is 0 Å². The average molecular weight is 293 g/mol. The predicted molar refractivity (Wildman–Crippen MR) is 67.5 cm³/mol. The lowest BCUT2D eigenvalue weighted by molar-refractivity contribution is 0.107. The van der Waals surface area contributed by atoms with Crippen molar-refractivity contribution in [1.29, 1.82) is 0 Å². The summed E-state index contributed by atoms with van der Waals surface area (Å²) in [5.41, 5.74) is -0.0365. The van der Waals surface area contributed by atoms with Crippen molar-refractivity contribution < 1.29 is 22.7 Å². The van der Waals surface area contributed by atoms with Crippen LogP contribution >= 0.6 is 11.6 Å². The molecule has 5 nitrogen and oxygen atoms in total. The maximum atomic E-state index is 11.8. The first-order chi connectivity index (χ1) is 8.37. The molecule has 0 aliphatic rings. The molecule has 0 radical (unpaired) electrons. The van der Waals surface area contributed by atoms with Crippen molar-refractivity contribution in [2.75, 3.05) is 20.0 Å². The topological polar surface area (TPSA) is 69.7 Å². The first kappa shape index (κ1) is 14.8. The van der Waals surface area contributed by atoms with Crippen molar-refractivity contribution in [2.24, 2.45) is 0 Å². The van der Waals surface area contributed by atoms with Gasteiger partial charge in [-0.3, -0.25) is 4.79 Å². The van der Waals surface area contributed by atoms with Gasteiger partial charge in [-0.05, 0) is 17.7 Å². The van der Waals surface area contributed by atoms with E-state index < -0.39 is 15.1 Å². The minimum absolute atomic E-state index is 0.0216. The van der Waals surface area contributed by atoms with Gasteiger partial charge in [0.05, 0.1) is 30.4 Å². The molecular weight excluding hydrogens is 280 g/mol. The number of hydrogen-bond donors (Lipinski definition) is 0. The van der Waals surface area contributed by atoms with Crippen LogP contribution in [0, 0.1) is 0 Å². The molecule has 1 aromatic rings.